The molecule has 1 saturated carbocycles. The third-order valence-electron chi connectivity index (χ3n) is 4.02. The summed E-state index contributed by atoms with van der Waals surface area (Å²) in [4.78, 5) is 0. The monoisotopic (exact) mass is 330 g/mol. The molecule has 1 aromatic carbocycles. The van der Waals surface area contributed by atoms with Gasteiger partial charge in [0.05, 0.1) is 18.6 Å². The molecule has 1 fully saturated rings. The molecule has 0 aromatic heterocycles. The SMILES string of the molecule is CCOc1cc(Cl)c(C(Cl)CC2CCCC2)cc1OCC. The van der Waals surface area contributed by atoms with E-state index in [2.05, 4.69) is 0 Å². The number of hydrogen-bond acceptors (Lipinski definition) is 2. The van der Waals surface area contributed by atoms with Crippen molar-refractivity contribution in [3.8, 4) is 11.5 Å². The molecule has 0 N–H and O–H groups in total. The van der Waals surface area contributed by atoms with Crippen molar-refractivity contribution in [1.82, 2.24) is 0 Å². The minimum Gasteiger partial charge on any atom is -0.490 e. The van der Waals surface area contributed by atoms with Crippen LogP contribution in [0.15, 0.2) is 12.1 Å². The van der Waals surface area contributed by atoms with E-state index in [-0.39, 0.29) is 5.38 Å². The van der Waals surface area contributed by atoms with Crippen molar-refractivity contribution in [2.24, 2.45) is 5.92 Å². The van der Waals surface area contributed by atoms with Gasteiger partial charge >= 0.3 is 0 Å². The minimum atomic E-state index is -0.0597. The average molecular weight is 331 g/mol. The minimum absolute atomic E-state index is 0.0597. The molecule has 2 rings (SSSR count). The van der Waals surface area contributed by atoms with Crippen molar-refractivity contribution < 1.29 is 9.47 Å². The van der Waals surface area contributed by atoms with E-state index < -0.39 is 0 Å². The Hall–Kier alpha value is -0.600. The van der Waals surface area contributed by atoms with Gasteiger partial charge < -0.3 is 9.47 Å². The fraction of sp³-hybridized carbons (Fsp3) is 0.647. The van der Waals surface area contributed by atoms with Crippen LogP contribution in [0.2, 0.25) is 5.02 Å². The van der Waals surface area contributed by atoms with Crippen LogP contribution in [-0.2, 0) is 0 Å². The first-order chi connectivity index (χ1) is 10.2. The Morgan fingerprint density at radius 1 is 1.10 bits per heavy atom. The van der Waals surface area contributed by atoms with Crippen LogP contribution in [0.3, 0.4) is 0 Å². The van der Waals surface area contributed by atoms with Crippen LogP contribution in [0.4, 0.5) is 0 Å². The first-order valence-electron chi connectivity index (χ1n) is 7.88. The van der Waals surface area contributed by atoms with Crippen molar-refractivity contribution in [2.45, 2.75) is 51.3 Å². The second-order valence-corrected chi connectivity index (χ2v) is 6.47. The Bertz CT molecular complexity index is 456. The highest BCUT2D eigenvalue weighted by atomic mass is 35.5. The van der Waals surface area contributed by atoms with Gasteiger partial charge in [-0.25, -0.2) is 0 Å². The van der Waals surface area contributed by atoms with Gasteiger partial charge in [-0.15, -0.1) is 11.6 Å². The lowest BCUT2D eigenvalue weighted by Gasteiger charge is -2.19. The molecule has 0 spiro atoms. The summed E-state index contributed by atoms with van der Waals surface area (Å²) in [6.45, 7) is 5.08. The average Bonchev–Trinajstić information content (AvgIpc) is 2.95. The molecule has 21 heavy (non-hydrogen) atoms. The zero-order chi connectivity index (χ0) is 15.2. The predicted octanol–water partition coefficient (Wildman–Crippen LogP) is 6.00. The molecule has 1 aliphatic carbocycles. The number of rotatable bonds is 7. The predicted molar refractivity (Wildman–Crippen MR) is 89.0 cm³/mol. The number of hydrogen-bond donors (Lipinski definition) is 0. The summed E-state index contributed by atoms with van der Waals surface area (Å²) in [5, 5.41) is 0.607. The van der Waals surface area contributed by atoms with Gasteiger partial charge in [0.2, 0.25) is 0 Å². The molecule has 1 unspecified atom stereocenters. The fourth-order valence-corrected chi connectivity index (χ4v) is 3.77. The molecule has 1 atom stereocenters. The van der Waals surface area contributed by atoms with Crippen LogP contribution in [0, 0.1) is 5.92 Å². The van der Waals surface area contributed by atoms with Crippen LogP contribution < -0.4 is 9.47 Å². The third kappa shape index (κ3) is 4.43. The molecule has 118 valence electrons. The highest BCUT2D eigenvalue weighted by molar-refractivity contribution is 6.33. The zero-order valence-corrected chi connectivity index (χ0v) is 14.3. The second-order valence-electron chi connectivity index (χ2n) is 5.54. The Morgan fingerprint density at radius 2 is 1.67 bits per heavy atom. The molecule has 4 heteroatoms. The lowest BCUT2D eigenvalue weighted by Crippen LogP contribution is -2.03. The van der Waals surface area contributed by atoms with Crippen molar-refractivity contribution >= 4 is 23.2 Å². The van der Waals surface area contributed by atoms with Crippen LogP contribution in [0.5, 0.6) is 11.5 Å². The van der Waals surface area contributed by atoms with Crippen LogP contribution in [0.1, 0.15) is 56.9 Å². The number of alkyl halides is 1. The van der Waals surface area contributed by atoms with E-state index in [4.69, 9.17) is 32.7 Å². The highest BCUT2D eigenvalue weighted by Gasteiger charge is 2.23. The molecule has 2 nitrogen and oxygen atoms in total. The van der Waals surface area contributed by atoms with Crippen molar-refractivity contribution in [1.29, 1.82) is 0 Å². The number of ether oxygens (including phenoxy) is 2. The van der Waals surface area contributed by atoms with E-state index in [0.29, 0.717) is 24.0 Å². The summed E-state index contributed by atoms with van der Waals surface area (Å²) in [5.74, 6) is 2.15. The van der Waals surface area contributed by atoms with Gasteiger partial charge in [-0.2, -0.15) is 0 Å². The van der Waals surface area contributed by atoms with Crippen molar-refractivity contribution in [3.05, 3.63) is 22.7 Å². The van der Waals surface area contributed by atoms with E-state index >= 15 is 0 Å². The Labute approximate surface area is 137 Å². The maximum absolute atomic E-state index is 6.61. The molecule has 0 aliphatic heterocycles. The van der Waals surface area contributed by atoms with E-state index in [1.807, 2.05) is 26.0 Å². The lowest BCUT2D eigenvalue weighted by molar-refractivity contribution is 0.287. The topological polar surface area (TPSA) is 18.5 Å². The third-order valence-corrected chi connectivity index (χ3v) is 4.76. The summed E-state index contributed by atoms with van der Waals surface area (Å²) >= 11 is 13.0. The lowest BCUT2D eigenvalue weighted by atomic mass is 9.97. The second kappa shape index (κ2) is 8.14. The van der Waals surface area contributed by atoms with Gasteiger partial charge in [-0.3, -0.25) is 0 Å². The van der Waals surface area contributed by atoms with Gasteiger partial charge in [-0.05, 0) is 37.8 Å². The van der Waals surface area contributed by atoms with Crippen LogP contribution in [-0.4, -0.2) is 13.2 Å². The molecule has 1 aromatic rings. The van der Waals surface area contributed by atoms with E-state index in [1.165, 1.54) is 25.7 Å². The van der Waals surface area contributed by atoms with E-state index in [0.717, 1.165) is 23.7 Å². The van der Waals surface area contributed by atoms with Gasteiger partial charge in [0.25, 0.3) is 0 Å². The molecule has 0 amide bonds. The molecule has 1 aliphatic rings. The maximum Gasteiger partial charge on any atom is 0.162 e. The smallest absolute Gasteiger partial charge is 0.162 e. The first kappa shape index (κ1) is 16.8. The molecule has 0 heterocycles. The molecular formula is C17H24Cl2O2. The van der Waals surface area contributed by atoms with Crippen molar-refractivity contribution in [2.75, 3.05) is 13.2 Å². The van der Waals surface area contributed by atoms with E-state index in [9.17, 15) is 0 Å². The highest BCUT2D eigenvalue weighted by Crippen LogP contribution is 2.42. The standard InChI is InChI=1S/C17H24Cl2O2/c1-3-20-16-10-13(15(19)11-17(16)21-4-2)14(18)9-12-7-5-6-8-12/h10-12,14H,3-9H2,1-2H3. The van der Waals surface area contributed by atoms with Gasteiger partial charge in [0.15, 0.2) is 11.5 Å². The van der Waals surface area contributed by atoms with Crippen LogP contribution in [0.25, 0.3) is 0 Å². The summed E-state index contributed by atoms with van der Waals surface area (Å²) in [6.07, 6.45) is 6.22. The Kier molecular flexibility index (Phi) is 6.50. The fourth-order valence-electron chi connectivity index (χ4n) is 2.99. The maximum atomic E-state index is 6.61. The number of halogens is 2. The largest absolute Gasteiger partial charge is 0.490 e. The van der Waals surface area contributed by atoms with Crippen LogP contribution >= 0.6 is 23.2 Å². The van der Waals surface area contributed by atoms with Gasteiger partial charge in [-0.1, -0.05) is 37.3 Å². The summed E-state index contributed by atoms with van der Waals surface area (Å²) in [5.41, 5.74) is 0.956. The quantitative estimate of drug-likeness (QED) is 0.571. The van der Waals surface area contributed by atoms with E-state index in [1.54, 1.807) is 0 Å². The summed E-state index contributed by atoms with van der Waals surface area (Å²) in [7, 11) is 0. The Morgan fingerprint density at radius 3 is 2.24 bits per heavy atom. The summed E-state index contributed by atoms with van der Waals surface area (Å²) < 4.78 is 11.2. The molecular weight excluding hydrogens is 307 g/mol. The number of benzene rings is 1. The van der Waals surface area contributed by atoms with Gasteiger partial charge in [0.1, 0.15) is 0 Å². The molecule has 0 saturated heterocycles. The molecule has 0 radical (unpaired) electrons. The first-order valence-corrected chi connectivity index (χ1v) is 8.70. The zero-order valence-electron chi connectivity index (χ0n) is 12.8. The Balaban J connectivity index is 2.18. The normalized spacial score (nSPS) is 17.0. The molecule has 0 bridgehead atoms. The summed E-state index contributed by atoms with van der Waals surface area (Å²) in [6, 6.07) is 3.78. The van der Waals surface area contributed by atoms with Crippen molar-refractivity contribution in [3.63, 3.8) is 0 Å². The van der Waals surface area contributed by atoms with Gasteiger partial charge in [0, 0.05) is 11.1 Å².